The Morgan fingerprint density at radius 3 is 2.52 bits per heavy atom. The zero-order chi connectivity index (χ0) is 18.8. The van der Waals surface area contributed by atoms with Crippen molar-refractivity contribution in [1.29, 1.82) is 0 Å². The maximum absolute atomic E-state index is 13.9. The van der Waals surface area contributed by atoms with Gasteiger partial charge >= 0.3 is 6.18 Å². The van der Waals surface area contributed by atoms with Crippen LogP contribution in [0.25, 0.3) is 0 Å². The third kappa shape index (κ3) is 4.91. The normalized spacial score (nSPS) is 14.8. The topological polar surface area (TPSA) is 69.7 Å². The fourth-order valence-electron chi connectivity index (χ4n) is 2.31. The highest BCUT2D eigenvalue weighted by atomic mass is 19.4. The van der Waals surface area contributed by atoms with E-state index in [0.29, 0.717) is 0 Å². The smallest absolute Gasteiger partial charge is 0.324 e. The van der Waals surface area contributed by atoms with Crippen LogP contribution in [0.2, 0.25) is 0 Å². The third-order valence-electron chi connectivity index (χ3n) is 3.50. The largest absolute Gasteiger partial charge is 0.390 e. The van der Waals surface area contributed by atoms with Gasteiger partial charge in [0.15, 0.2) is 0 Å². The molecule has 0 radical (unpaired) electrons. The van der Waals surface area contributed by atoms with E-state index >= 15 is 0 Å². The van der Waals surface area contributed by atoms with Gasteiger partial charge in [-0.05, 0) is 18.2 Å². The van der Waals surface area contributed by atoms with E-state index in [0.717, 1.165) is 15.9 Å². The molecule has 25 heavy (non-hydrogen) atoms. The molecule has 1 fully saturated rings. The minimum absolute atomic E-state index is 0.0722. The number of anilines is 1. The van der Waals surface area contributed by atoms with E-state index in [9.17, 15) is 31.9 Å². The molecule has 1 N–H and O–H groups in total. The molecular weight excluding hydrogens is 346 g/mol. The van der Waals surface area contributed by atoms with Crippen LogP contribution in [-0.2, 0) is 9.59 Å². The molecule has 0 bridgehead atoms. The van der Waals surface area contributed by atoms with Crippen LogP contribution in [0, 0.1) is 5.82 Å². The summed E-state index contributed by atoms with van der Waals surface area (Å²) in [5.74, 6) is -2.60. The standard InChI is InChI=1S/C15H15F4N3O3/c1-9(23)20-12-3-2-10(6-11(12)16)14(25)22-7-13(24)21(8-22)5-4-15(17,18)19/h2-3,6H,4-5,7-8H2,1H3,(H,20,23). The quantitative estimate of drug-likeness (QED) is 0.834. The molecule has 2 rings (SSSR count). The molecule has 0 aliphatic carbocycles. The van der Waals surface area contributed by atoms with Gasteiger partial charge in [-0.1, -0.05) is 0 Å². The lowest BCUT2D eigenvalue weighted by atomic mass is 10.1. The number of hydrogen-bond donors (Lipinski definition) is 1. The molecule has 0 spiro atoms. The second-order valence-corrected chi connectivity index (χ2v) is 5.54. The number of carbonyl (C=O) groups is 3. The summed E-state index contributed by atoms with van der Waals surface area (Å²) in [7, 11) is 0. The molecular formula is C15H15F4N3O3. The summed E-state index contributed by atoms with van der Waals surface area (Å²) in [6, 6.07) is 3.36. The minimum Gasteiger partial charge on any atom is -0.324 e. The van der Waals surface area contributed by atoms with Crippen LogP contribution in [0.15, 0.2) is 18.2 Å². The van der Waals surface area contributed by atoms with Gasteiger partial charge in [-0.25, -0.2) is 4.39 Å². The first-order valence-corrected chi connectivity index (χ1v) is 7.28. The summed E-state index contributed by atoms with van der Waals surface area (Å²) < 4.78 is 50.6. The Morgan fingerprint density at radius 2 is 1.96 bits per heavy atom. The Hall–Kier alpha value is -2.65. The van der Waals surface area contributed by atoms with Gasteiger partial charge in [0, 0.05) is 19.0 Å². The van der Waals surface area contributed by atoms with Crippen LogP contribution in [0.1, 0.15) is 23.7 Å². The average Bonchev–Trinajstić information content (AvgIpc) is 2.86. The van der Waals surface area contributed by atoms with Crippen LogP contribution >= 0.6 is 0 Å². The molecule has 0 aromatic heterocycles. The van der Waals surface area contributed by atoms with Crippen molar-refractivity contribution >= 4 is 23.4 Å². The molecule has 3 amide bonds. The highest BCUT2D eigenvalue weighted by Crippen LogP contribution is 2.22. The molecule has 1 aromatic rings. The summed E-state index contributed by atoms with van der Waals surface area (Å²) in [5, 5.41) is 2.25. The van der Waals surface area contributed by atoms with Crippen LogP contribution in [0.4, 0.5) is 23.2 Å². The second kappa shape index (κ2) is 7.08. The first-order chi connectivity index (χ1) is 11.6. The molecule has 0 unspecified atom stereocenters. The Balaban J connectivity index is 2.05. The highest BCUT2D eigenvalue weighted by Gasteiger charge is 2.35. The number of carbonyl (C=O) groups excluding carboxylic acids is 3. The van der Waals surface area contributed by atoms with Crippen molar-refractivity contribution in [3.63, 3.8) is 0 Å². The van der Waals surface area contributed by atoms with Crippen molar-refractivity contribution in [2.45, 2.75) is 19.5 Å². The van der Waals surface area contributed by atoms with Crippen LogP contribution < -0.4 is 5.32 Å². The predicted molar refractivity (Wildman–Crippen MR) is 79.0 cm³/mol. The summed E-state index contributed by atoms with van der Waals surface area (Å²) in [6.45, 7) is 0.000392. The van der Waals surface area contributed by atoms with Crippen LogP contribution in [0.5, 0.6) is 0 Å². The van der Waals surface area contributed by atoms with Gasteiger partial charge in [0.1, 0.15) is 12.4 Å². The summed E-state index contributed by atoms with van der Waals surface area (Å²) in [5.41, 5.74) is -0.176. The van der Waals surface area contributed by atoms with Crippen molar-refractivity contribution in [3.8, 4) is 0 Å². The Bertz CT molecular complexity index is 706. The second-order valence-electron chi connectivity index (χ2n) is 5.54. The van der Waals surface area contributed by atoms with E-state index in [1.165, 1.54) is 19.1 Å². The van der Waals surface area contributed by atoms with Gasteiger partial charge in [0.2, 0.25) is 11.8 Å². The molecule has 1 aliphatic rings. The molecule has 136 valence electrons. The van der Waals surface area contributed by atoms with E-state index in [2.05, 4.69) is 5.32 Å². The zero-order valence-corrected chi connectivity index (χ0v) is 13.2. The molecule has 0 saturated carbocycles. The number of hydrogen-bond acceptors (Lipinski definition) is 3. The van der Waals surface area contributed by atoms with Gasteiger partial charge in [-0.2, -0.15) is 13.2 Å². The lowest BCUT2D eigenvalue weighted by molar-refractivity contribution is -0.142. The highest BCUT2D eigenvalue weighted by molar-refractivity contribution is 5.98. The SMILES string of the molecule is CC(=O)Nc1ccc(C(=O)N2CC(=O)N(CCC(F)(F)F)C2)cc1F. The number of nitrogens with zero attached hydrogens (tertiary/aromatic N) is 2. The Kier molecular flexibility index (Phi) is 5.29. The van der Waals surface area contributed by atoms with Crippen molar-refractivity contribution in [3.05, 3.63) is 29.6 Å². The van der Waals surface area contributed by atoms with Gasteiger partial charge in [-0.15, -0.1) is 0 Å². The average molecular weight is 361 g/mol. The Labute approximate surface area is 140 Å². The number of halogens is 4. The van der Waals surface area contributed by atoms with Gasteiger partial charge in [0.05, 0.1) is 18.8 Å². The predicted octanol–water partition coefficient (Wildman–Crippen LogP) is 1.98. The molecule has 1 aliphatic heterocycles. The van der Waals surface area contributed by atoms with Crippen molar-refractivity contribution in [2.75, 3.05) is 25.1 Å². The first-order valence-electron chi connectivity index (χ1n) is 7.28. The fourth-order valence-corrected chi connectivity index (χ4v) is 2.31. The molecule has 0 atom stereocenters. The summed E-state index contributed by atoms with van der Waals surface area (Å²) in [6.07, 6.45) is -5.57. The Morgan fingerprint density at radius 1 is 1.28 bits per heavy atom. The van der Waals surface area contributed by atoms with Crippen molar-refractivity contribution in [2.24, 2.45) is 0 Å². The third-order valence-corrected chi connectivity index (χ3v) is 3.50. The van der Waals surface area contributed by atoms with Crippen LogP contribution in [0.3, 0.4) is 0 Å². The first kappa shape index (κ1) is 18.7. The fraction of sp³-hybridized carbons (Fsp3) is 0.400. The lowest BCUT2D eigenvalue weighted by Crippen LogP contribution is -2.33. The lowest BCUT2D eigenvalue weighted by Gasteiger charge is -2.19. The minimum atomic E-state index is -4.40. The molecule has 1 heterocycles. The van der Waals surface area contributed by atoms with Crippen molar-refractivity contribution < 1.29 is 31.9 Å². The maximum atomic E-state index is 13.9. The molecule has 10 heteroatoms. The van der Waals surface area contributed by atoms with E-state index in [1.807, 2.05) is 0 Å². The number of nitrogens with one attached hydrogen (secondary N) is 1. The van der Waals surface area contributed by atoms with Gasteiger partial charge < -0.3 is 15.1 Å². The molecule has 6 nitrogen and oxygen atoms in total. The number of benzene rings is 1. The van der Waals surface area contributed by atoms with E-state index in [-0.39, 0.29) is 24.5 Å². The number of amides is 3. The van der Waals surface area contributed by atoms with Crippen molar-refractivity contribution in [1.82, 2.24) is 9.80 Å². The molecule has 1 aromatic carbocycles. The summed E-state index contributed by atoms with van der Waals surface area (Å²) in [4.78, 5) is 36.9. The van der Waals surface area contributed by atoms with Gasteiger partial charge in [0.25, 0.3) is 5.91 Å². The van der Waals surface area contributed by atoms with E-state index in [4.69, 9.17) is 0 Å². The maximum Gasteiger partial charge on any atom is 0.390 e. The molecule has 1 saturated heterocycles. The summed E-state index contributed by atoms with van der Waals surface area (Å²) >= 11 is 0. The van der Waals surface area contributed by atoms with E-state index < -0.39 is 42.7 Å². The zero-order valence-electron chi connectivity index (χ0n) is 13.2. The van der Waals surface area contributed by atoms with E-state index in [1.54, 1.807) is 0 Å². The van der Waals surface area contributed by atoms with Gasteiger partial charge in [-0.3, -0.25) is 14.4 Å². The monoisotopic (exact) mass is 361 g/mol. The number of rotatable bonds is 4. The number of alkyl halides is 3. The van der Waals surface area contributed by atoms with Crippen LogP contribution in [-0.4, -0.2) is 53.5 Å².